The van der Waals surface area contributed by atoms with Gasteiger partial charge in [-0.2, -0.15) is 17.5 Å². The first kappa shape index (κ1) is 24.6. The standard InChI is InChI=1S/C22H19ClF3N3O3S2/c23-16-3-1-4-17(11-16)34(31,32)29-10-2-5-19(29)21(30)27-12-20-28-18(13-33-20)14-6-8-15(9-7-14)22(24,25)26/h1,3-4,6-9,11,13,19H,2,5,10,12H2,(H,27,30)/t19-/m0/s1. The van der Waals surface area contributed by atoms with Gasteiger partial charge in [0.05, 0.1) is 22.7 Å². The number of amides is 1. The van der Waals surface area contributed by atoms with Crippen LogP contribution in [-0.4, -0.2) is 36.2 Å². The van der Waals surface area contributed by atoms with E-state index in [-0.39, 0.29) is 23.0 Å². The largest absolute Gasteiger partial charge is 0.416 e. The van der Waals surface area contributed by atoms with Gasteiger partial charge in [-0.05, 0) is 43.2 Å². The van der Waals surface area contributed by atoms with Crippen LogP contribution in [0.3, 0.4) is 0 Å². The van der Waals surface area contributed by atoms with Crippen LogP contribution in [0.5, 0.6) is 0 Å². The molecule has 4 rings (SSSR count). The molecule has 0 bridgehead atoms. The van der Waals surface area contributed by atoms with Crippen molar-refractivity contribution in [1.82, 2.24) is 14.6 Å². The number of benzene rings is 2. The second kappa shape index (κ2) is 9.65. The minimum Gasteiger partial charge on any atom is -0.348 e. The van der Waals surface area contributed by atoms with Gasteiger partial charge in [-0.3, -0.25) is 4.79 Å². The summed E-state index contributed by atoms with van der Waals surface area (Å²) in [6.07, 6.45) is -3.47. The fourth-order valence-electron chi connectivity index (χ4n) is 3.69. The van der Waals surface area contributed by atoms with Gasteiger partial charge in [0, 0.05) is 22.5 Å². The number of halogens is 4. The van der Waals surface area contributed by atoms with E-state index in [9.17, 15) is 26.4 Å². The topological polar surface area (TPSA) is 79.4 Å². The van der Waals surface area contributed by atoms with Crippen molar-refractivity contribution in [3.63, 3.8) is 0 Å². The summed E-state index contributed by atoms with van der Waals surface area (Å²) < 4.78 is 65.5. The summed E-state index contributed by atoms with van der Waals surface area (Å²) in [6.45, 7) is 0.300. The van der Waals surface area contributed by atoms with Gasteiger partial charge in [0.1, 0.15) is 11.0 Å². The molecule has 1 aliphatic rings. The molecule has 2 heterocycles. The van der Waals surface area contributed by atoms with Gasteiger partial charge in [0.2, 0.25) is 15.9 Å². The van der Waals surface area contributed by atoms with Gasteiger partial charge in [0.15, 0.2) is 0 Å². The van der Waals surface area contributed by atoms with E-state index in [0.29, 0.717) is 29.1 Å². The van der Waals surface area contributed by atoms with Gasteiger partial charge in [0.25, 0.3) is 0 Å². The zero-order valence-electron chi connectivity index (χ0n) is 17.5. The van der Waals surface area contributed by atoms with Gasteiger partial charge in [-0.15, -0.1) is 11.3 Å². The second-order valence-electron chi connectivity index (χ2n) is 7.65. The summed E-state index contributed by atoms with van der Waals surface area (Å²) in [7, 11) is -3.89. The number of thiazole rings is 1. The highest BCUT2D eigenvalue weighted by atomic mass is 35.5. The summed E-state index contributed by atoms with van der Waals surface area (Å²) in [4.78, 5) is 17.2. The molecule has 1 aromatic heterocycles. The minimum atomic E-state index is -4.41. The number of carbonyl (C=O) groups is 1. The van der Waals surface area contributed by atoms with E-state index in [1.165, 1.54) is 46.0 Å². The number of hydrogen-bond donors (Lipinski definition) is 1. The van der Waals surface area contributed by atoms with Crippen LogP contribution in [0.15, 0.2) is 58.8 Å². The van der Waals surface area contributed by atoms with Gasteiger partial charge in [-0.25, -0.2) is 13.4 Å². The Labute approximate surface area is 203 Å². The third-order valence-electron chi connectivity index (χ3n) is 5.38. The Morgan fingerprint density at radius 1 is 1.21 bits per heavy atom. The molecule has 1 saturated heterocycles. The predicted octanol–water partition coefficient (Wildman–Crippen LogP) is 4.95. The van der Waals surface area contributed by atoms with Crippen LogP contribution >= 0.6 is 22.9 Å². The Hall–Kier alpha value is -2.47. The first-order valence-electron chi connectivity index (χ1n) is 10.2. The highest BCUT2D eigenvalue weighted by Gasteiger charge is 2.39. The molecule has 180 valence electrons. The highest BCUT2D eigenvalue weighted by Crippen LogP contribution is 2.31. The molecule has 1 N–H and O–H groups in total. The smallest absolute Gasteiger partial charge is 0.348 e. The van der Waals surface area contributed by atoms with Crippen LogP contribution < -0.4 is 5.32 Å². The van der Waals surface area contributed by atoms with Crippen molar-refractivity contribution in [3.05, 3.63) is 69.5 Å². The Morgan fingerprint density at radius 3 is 2.62 bits per heavy atom. The number of sulfonamides is 1. The van der Waals surface area contributed by atoms with Gasteiger partial charge in [-0.1, -0.05) is 29.8 Å². The molecule has 6 nitrogen and oxygen atoms in total. The normalized spacial score (nSPS) is 17.1. The number of aromatic nitrogens is 1. The molecule has 2 aromatic carbocycles. The lowest BCUT2D eigenvalue weighted by molar-refractivity contribution is -0.137. The first-order chi connectivity index (χ1) is 16.1. The molecular weight excluding hydrogens is 511 g/mol. The molecule has 0 radical (unpaired) electrons. The van der Waals surface area contributed by atoms with E-state index in [2.05, 4.69) is 10.3 Å². The average molecular weight is 530 g/mol. The molecule has 1 amide bonds. The number of carbonyl (C=O) groups excluding carboxylic acids is 1. The average Bonchev–Trinajstić information content (AvgIpc) is 3.47. The number of nitrogens with one attached hydrogen (secondary N) is 1. The third kappa shape index (κ3) is 5.27. The summed E-state index contributed by atoms with van der Waals surface area (Å²) >= 11 is 7.18. The minimum absolute atomic E-state index is 0.0285. The van der Waals surface area contributed by atoms with Gasteiger partial charge >= 0.3 is 6.18 Å². The maximum absolute atomic E-state index is 13.0. The van der Waals surface area contributed by atoms with Crippen molar-refractivity contribution in [2.24, 2.45) is 0 Å². The number of rotatable bonds is 6. The summed E-state index contributed by atoms with van der Waals surface area (Å²) in [6, 6.07) is 9.72. The number of alkyl halides is 3. The molecule has 12 heteroatoms. The van der Waals surface area contributed by atoms with Crippen LogP contribution in [0.25, 0.3) is 11.3 Å². The zero-order chi connectivity index (χ0) is 24.5. The molecule has 3 aromatic rings. The summed E-state index contributed by atoms with van der Waals surface area (Å²) in [5.74, 6) is -0.436. The lowest BCUT2D eigenvalue weighted by Gasteiger charge is -2.23. The summed E-state index contributed by atoms with van der Waals surface area (Å²) in [5.41, 5.74) is 0.276. The Balaban J connectivity index is 1.41. The number of nitrogens with zero attached hydrogens (tertiary/aromatic N) is 2. The van der Waals surface area contributed by atoms with E-state index >= 15 is 0 Å². The zero-order valence-corrected chi connectivity index (χ0v) is 19.9. The molecular formula is C22H19ClF3N3O3S2. The molecule has 0 spiro atoms. The van der Waals surface area contributed by atoms with Crippen LogP contribution in [0.2, 0.25) is 5.02 Å². The molecule has 1 aliphatic heterocycles. The molecule has 0 aliphatic carbocycles. The lowest BCUT2D eigenvalue weighted by atomic mass is 10.1. The molecule has 1 atom stereocenters. The van der Waals surface area contributed by atoms with Crippen molar-refractivity contribution in [1.29, 1.82) is 0 Å². The van der Waals surface area contributed by atoms with Crippen molar-refractivity contribution in [2.45, 2.75) is 36.5 Å². The Kier molecular flexibility index (Phi) is 6.99. The van der Waals surface area contributed by atoms with Crippen LogP contribution in [0.4, 0.5) is 13.2 Å². The van der Waals surface area contributed by atoms with E-state index in [0.717, 1.165) is 12.1 Å². The quantitative estimate of drug-likeness (QED) is 0.490. The molecule has 0 unspecified atom stereocenters. The fraction of sp³-hybridized carbons (Fsp3) is 0.273. The van der Waals surface area contributed by atoms with Crippen molar-refractivity contribution in [2.75, 3.05) is 6.54 Å². The number of hydrogen-bond acceptors (Lipinski definition) is 5. The molecule has 1 fully saturated rings. The van der Waals surface area contributed by atoms with E-state index in [4.69, 9.17) is 11.6 Å². The van der Waals surface area contributed by atoms with E-state index in [1.807, 2.05) is 0 Å². The highest BCUT2D eigenvalue weighted by molar-refractivity contribution is 7.89. The van der Waals surface area contributed by atoms with E-state index in [1.54, 1.807) is 11.4 Å². The Morgan fingerprint density at radius 2 is 1.94 bits per heavy atom. The third-order valence-corrected chi connectivity index (χ3v) is 8.37. The lowest BCUT2D eigenvalue weighted by Crippen LogP contribution is -2.45. The van der Waals surface area contributed by atoms with Crippen LogP contribution in [0, 0.1) is 0 Å². The second-order valence-corrected chi connectivity index (χ2v) is 10.9. The molecule has 0 saturated carbocycles. The monoisotopic (exact) mass is 529 g/mol. The first-order valence-corrected chi connectivity index (χ1v) is 12.9. The van der Waals surface area contributed by atoms with Crippen molar-refractivity contribution in [3.8, 4) is 11.3 Å². The SMILES string of the molecule is O=C(NCc1nc(-c2ccc(C(F)(F)F)cc2)cs1)[C@@H]1CCCN1S(=O)(=O)c1cccc(Cl)c1. The van der Waals surface area contributed by atoms with Crippen molar-refractivity contribution >= 4 is 38.9 Å². The Bertz CT molecular complexity index is 1290. The summed E-state index contributed by atoms with van der Waals surface area (Å²) in [5, 5.41) is 5.25. The molecule has 34 heavy (non-hydrogen) atoms. The van der Waals surface area contributed by atoms with Crippen LogP contribution in [0.1, 0.15) is 23.4 Å². The fourth-order valence-corrected chi connectivity index (χ4v) is 6.39. The van der Waals surface area contributed by atoms with Crippen molar-refractivity contribution < 1.29 is 26.4 Å². The van der Waals surface area contributed by atoms with E-state index < -0.39 is 33.7 Å². The van der Waals surface area contributed by atoms with Crippen LogP contribution in [-0.2, 0) is 27.5 Å². The predicted molar refractivity (Wildman–Crippen MR) is 123 cm³/mol. The van der Waals surface area contributed by atoms with Gasteiger partial charge < -0.3 is 5.32 Å². The maximum atomic E-state index is 13.0. The maximum Gasteiger partial charge on any atom is 0.416 e.